The lowest BCUT2D eigenvalue weighted by Crippen LogP contribution is -2.50. The SMILES string of the molecule is CN=C(NCc1c(C)nn(C)c1C)NC1CCN(C2CCCCC2)CC1.I. The van der Waals surface area contributed by atoms with E-state index in [1.165, 1.54) is 69.3 Å². The number of rotatable bonds is 4. The monoisotopic (exact) mass is 488 g/mol. The molecular weight excluding hydrogens is 451 g/mol. The van der Waals surface area contributed by atoms with E-state index in [9.17, 15) is 0 Å². The van der Waals surface area contributed by atoms with Crippen molar-refractivity contribution in [3.8, 4) is 0 Å². The summed E-state index contributed by atoms with van der Waals surface area (Å²) in [6, 6.07) is 1.37. The molecule has 2 aliphatic rings. The van der Waals surface area contributed by atoms with E-state index in [1.807, 2.05) is 18.8 Å². The summed E-state index contributed by atoms with van der Waals surface area (Å²) in [7, 11) is 3.86. The standard InChI is InChI=1S/C20H36N6.HI/c1-15-19(16(2)25(4)24-15)14-22-20(21-3)23-17-10-12-26(13-11-17)18-8-6-5-7-9-18;/h17-18H,5-14H2,1-4H3,(H2,21,22,23);1H. The number of nitrogens with one attached hydrogen (secondary N) is 2. The van der Waals surface area contributed by atoms with Gasteiger partial charge >= 0.3 is 0 Å². The van der Waals surface area contributed by atoms with Gasteiger partial charge in [-0.15, -0.1) is 24.0 Å². The molecule has 27 heavy (non-hydrogen) atoms. The molecule has 154 valence electrons. The van der Waals surface area contributed by atoms with Crippen molar-refractivity contribution >= 4 is 29.9 Å². The van der Waals surface area contributed by atoms with E-state index in [0.29, 0.717) is 6.04 Å². The number of aromatic nitrogens is 2. The summed E-state index contributed by atoms with van der Waals surface area (Å²) in [5.74, 6) is 0.906. The number of likely N-dealkylation sites (tertiary alicyclic amines) is 1. The topological polar surface area (TPSA) is 57.5 Å². The number of hydrogen-bond acceptors (Lipinski definition) is 3. The van der Waals surface area contributed by atoms with Crippen LogP contribution < -0.4 is 10.6 Å². The predicted octanol–water partition coefficient (Wildman–Crippen LogP) is 3.12. The molecule has 1 saturated heterocycles. The fraction of sp³-hybridized carbons (Fsp3) is 0.800. The van der Waals surface area contributed by atoms with Crippen LogP contribution in [0.5, 0.6) is 0 Å². The molecule has 0 unspecified atom stereocenters. The first kappa shape index (κ1) is 22.5. The Morgan fingerprint density at radius 2 is 1.78 bits per heavy atom. The molecule has 1 aliphatic carbocycles. The molecule has 1 aromatic rings. The molecule has 7 heteroatoms. The second-order valence-electron chi connectivity index (χ2n) is 7.95. The zero-order chi connectivity index (χ0) is 18.5. The van der Waals surface area contributed by atoms with Gasteiger partial charge in [-0.1, -0.05) is 19.3 Å². The molecule has 2 N–H and O–H groups in total. The summed E-state index contributed by atoms with van der Waals surface area (Å²) in [6.45, 7) is 7.40. The summed E-state index contributed by atoms with van der Waals surface area (Å²) in [6.07, 6.45) is 9.52. The van der Waals surface area contributed by atoms with Crippen LogP contribution in [-0.2, 0) is 13.6 Å². The van der Waals surface area contributed by atoms with E-state index >= 15 is 0 Å². The van der Waals surface area contributed by atoms with Gasteiger partial charge in [-0.25, -0.2) is 0 Å². The lowest BCUT2D eigenvalue weighted by molar-refractivity contribution is 0.119. The first-order valence-electron chi connectivity index (χ1n) is 10.3. The highest BCUT2D eigenvalue weighted by atomic mass is 127. The Kier molecular flexibility index (Phi) is 8.85. The minimum atomic E-state index is 0. The summed E-state index contributed by atoms with van der Waals surface area (Å²) in [5, 5.41) is 11.6. The van der Waals surface area contributed by atoms with Crippen molar-refractivity contribution in [3.63, 3.8) is 0 Å². The van der Waals surface area contributed by atoms with Gasteiger partial charge in [-0.3, -0.25) is 9.67 Å². The van der Waals surface area contributed by atoms with E-state index in [-0.39, 0.29) is 24.0 Å². The minimum absolute atomic E-state index is 0. The van der Waals surface area contributed by atoms with E-state index in [2.05, 4.69) is 39.5 Å². The van der Waals surface area contributed by atoms with Gasteiger partial charge in [0.25, 0.3) is 0 Å². The first-order chi connectivity index (χ1) is 12.6. The molecule has 6 nitrogen and oxygen atoms in total. The number of nitrogens with zero attached hydrogens (tertiary/aromatic N) is 4. The van der Waals surface area contributed by atoms with E-state index in [1.54, 1.807) is 0 Å². The molecule has 1 aromatic heterocycles. The summed E-state index contributed by atoms with van der Waals surface area (Å²) in [5.41, 5.74) is 3.57. The third-order valence-electron chi connectivity index (χ3n) is 6.28. The second kappa shape index (κ2) is 10.6. The fourth-order valence-electron chi connectivity index (χ4n) is 4.49. The maximum absolute atomic E-state index is 4.49. The van der Waals surface area contributed by atoms with Gasteiger partial charge in [-0.05, 0) is 39.5 Å². The van der Waals surface area contributed by atoms with Gasteiger partial charge in [0, 0.05) is 57.1 Å². The molecule has 1 saturated carbocycles. The predicted molar refractivity (Wildman–Crippen MR) is 123 cm³/mol. The Morgan fingerprint density at radius 1 is 1.11 bits per heavy atom. The molecule has 0 aromatic carbocycles. The van der Waals surface area contributed by atoms with E-state index < -0.39 is 0 Å². The van der Waals surface area contributed by atoms with Crippen LogP contribution in [-0.4, -0.2) is 52.9 Å². The minimum Gasteiger partial charge on any atom is -0.354 e. The number of aliphatic imine (C=N–C) groups is 1. The van der Waals surface area contributed by atoms with Gasteiger partial charge in [0.2, 0.25) is 0 Å². The van der Waals surface area contributed by atoms with Gasteiger partial charge in [0.05, 0.1) is 5.69 Å². The highest BCUT2D eigenvalue weighted by molar-refractivity contribution is 14.0. The molecule has 1 aliphatic heterocycles. The zero-order valence-corrected chi connectivity index (χ0v) is 19.8. The molecule has 0 bridgehead atoms. The van der Waals surface area contributed by atoms with Crippen molar-refractivity contribution in [3.05, 3.63) is 17.0 Å². The fourth-order valence-corrected chi connectivity index (χ4v) is 4.49. The van der Waals surface area contributed by atoms with Crippen molar-refractivity contribution in [1.29, 1.82) is 0 Å². The lowest BCUT2D eigenvalue weighted by Gasteiger charge is -2.39. The normalized spacial score (nSPS) is 20.4. The van der Waals surface area contributed by atoms with Crippen molar-refractivity contribution < 1.29 is 0 Å². The molecule has 0 radical (unpaired) electrons. The van der Waals surface area contributed by atoms with Crippen LogP contribution in [0.2, 0.25) is 0 Å². The summed E-state index contributed by atoms with van der Waals surface area (Å²) in [4.78, 5) is 7.16. The highest BCUT2D eigenvalue weighted by Crippen LogP contribution is 2.25. The van der Waals surface area contributed by atoms with E-state index in [0.717, 1.165) is 24.2 Å². The van der Waals surface area contributed by atoms with Crippen LogP contribution in [0.25, 0.3) is 0 Å². The van der Waals surface area contributed by atoms with Crippen molar-refractivity contribution in [1.82, 2.24) is 25.3 Å². The molecule has 0 spiro atoms. The Balaban J connectivity index is 0.00000261. The molecule has 3 rings (SSSR count). The van der Waals surface area contributed by atoms with Crippen LogP contribution in [0.3, 0.4) is 0 Å². The Labute approximate surface area is 181 Å². The number of halogens is 1. The molecule has 2 heterocycles. The second-order valence-corrected chi connectivity index (χ2v) is 7.95. The van der Waals surface area contributed by atoms with Gasteiger partial charge in [0.1, 0.15) is 0 Å². The zero-order valence-electron chi connectivity index (χ0n) is 17.4. The van der Waals surface area contributed by atoms with Gasteiger partial charge in [-0.2, -0.15) is 5.10 Å². The third kappa shape index (κ3) is 5.82. The summed E-state index contributed by atoms with van der Waals surface area (Å²) >= 11 is 0. The maximum atomic E-state index is 4.49. The lowest BCUT2D eigenvalue weighted by atomic mass is 9.92. The van der Waals surface area contributed by atoms with Crippen LogP contribution in [0.1, 0.15) is 61.9 Å². The molecule has 2 fully saturated rings. The maximum Gasteiger partial charge on any atom is 0.191 e. The highest BCUT2D eigenvalue weighted by Gasteiger charge is 2.26. The Hall–Kier alpha value is -0.830. The number of piperidine rings is 1. The molecule has 0 atom stereocenters. The molecule has 0 amide bonds. The van der Waals surface area contributed by atoms with Crippen LogP contribution in [0.4, 0.5) is 0 Å². The summed E-state index contributed by atoms with van der Waals surface area (Å²) < 4.78 is 1.95. The van der Waals surface area contributed by atoms with E-state index in [4.69, 9.17) is 0 Å². The number of aryl methyl sites for hydroxylation is 2. The largest absolute Gasteiger partial charge is 0.354 e. The van der Waals surface area contributed by atoms with Crippen molar-refractivity contribution in [2.24, 2.45) is 12.0 Å². The smallest absolute Gasteiger partial charge is 0.191 e. The third-order valence-corrected chi connectivity index (χ3v) is 6.28. The van der Waals surface area contributed by atoms with Crippen LogP contribution in [0.15, 0.2) is 4.99 Å². The van der Waals surface area contributed by atoms with Gasteiger partial charge < -0.3 is 15.5 Å². The average molecular weight is 488 g/mol. The average Bonchev–Trinajstić information content (AvgIpc) is 2.91. The number of guanidine groups is 1. The Bertz CT molecular complexity index is 612. The van der Waals surface area contributed by atoms with Crippen LogP contribution in [0, 0.1) is 13.8 Å². The van der Waals surface area contributed by atoms with Crippen molar-refractivity contribution in [2.45, 2.75) is 77.4 Å². The Morgan fingerprint density at radius 3 is 2.33 bits per heavy atom. The number of hydrogen-bond donors (Lipinski definition) is 2. The first-order valence-corrected chi connectivity index (χ1v) is 10.3. The van der Waals surface area contributed by atoms with Gasteiger partial charge in [0.15, 0.2) is 5.96 Å². The quantitative estimate of drug-likeness (QED) is 0.389. The molecular formula is C20H37IN6. The van der Waals surface area contributed by atoms with Crippen molar-refractivity contribution in [2.75, 3.05) is 20.1 Å². The van der Waals surface area contributed by atoms with Crippen LogP contribution >= 0.6 is 24.0 Å².